The fraction of sp³-hybridized carbons (Fsp3) is 0.588. The number of rotatable bonds is 3. The van der Waals surface area contributed by atoms with Crippen molar-refractivity contribution in [3.63, 3.8) is 0 Å². The molecule has 0 aliphatic rings. The van der Waals surface area contributed by atoms with Crippen molar-refractivity contribution in [1.29, 1.82) is 0 Å². The maximum Gasteiger partial charge on any atom is 0.312 e. The molecule has 0 aromatic heterocycles. The molecule has 0 bridgehead atoms. The molecule has 0 aliphatic heterocycles. The van der Waals surface area contributed by atoms with E-state index in [-0.39, 0.29) is 5.97 Å². The summed E-state index contributed by atoms with van der Waals surface area (Å²) in [6.07, 6.45) is 0. The molecule has 20 heavy (non-hydrogen) atoms. The van der Waals surface area contributed by atoms with E-state index in [1.54, 1.807) is 13.8 Å². The lowest BCUT2D eigenvalue weighted by Gasteiger charge is -2.33. The molecule has 0 spiro atoms. The highest BCUT2D eigenvalue weighted by molar-refractivity contribution is 5.74. The van der Waals surface area contributed by atoms with Crippen LogP contribution in [-0.4, -0.2) is 16.7 Å². The lowest BCUT2D eigenvalue weighted by molar-refractivity contribution is -0.168. The summed E-state index contributed by atoms with van der Waals surface area (Å²) in [5.74, 6) is -1.02. The van der Waals surface area contributed by atoms with Crippen LogP contribution < -0.4 is 0 Å². The van der Waals surface area contributed by atoms with Crippen LogP contribution in [-0.2, 0) is 15.1 Å². The molecule has 0 radical (unpaired) electrons. The Morgan fingerprint density at radius 2 is 1.75 bits per heavy atom. The summed E-state index contributed by atoms with van der Waals surface area (Å²) < 4.78 is 5.37. The van der Waals surface area contributed by atoms with E-state index >= 15 is 0 Å². The van der Waals surface area contributed by atoms with E-state index in [0.717, 1.165) is 16.7 Å². The molecular weight excluding hydrogens is 252 g/mol. The molecule has 1 rings (SSSR count). The second kappa shape index (κ2) is 5.57. The van der Waals surface area contributed by atoms with E-state index in [0.29, 0.717) is 0 Å². The maximum absolute atomic E-state index is 12.2. The molecular formula is C17H26O3. The molecule has 3 heteroatoms. The van der Waals surface area contributed by atoms with Crippen LogP contribution in [0.2, 0.25) is 0 Å². The minimum Gasteiger partial charge on any atom is -0.460 e. The van der Waals surface area contributed by atoms with Gasteiger partial charge in [0.1, 0.15) is 11.2 Å². The first-order valence-corrected chi connectivity index (χ1v) is 6.98. The molecule has 0 saturated heterocycles. The molecule has 0 saturated carbocycles. The quantitative estimate of drug-likeness (QED) is 0.861. The predicted octanol–water partition coefficient (Wildman–Crippen LogP) is 3.49. The van der Waals surface area contributed by atoms with Gasteiger partial charge in [-0.2, -0.15) is 0 Å². The van der Waals surface area contributed by atoms with E-state index < -0.39 is 17.1 Å². The molecule has 0 fully saturated rings. The monoisotopic (exact) mass is 278 g/mol. The van der Waals surface area contributed by atoms with Crippen LogP contribution in [0.1, 0.15) is 51.3 Å². The Bertz CT molecular complexity index is 495. The first-order chi connectivity index (χ1) is 8.95. The number of ether oxygens (including phenoxy) is 1. The number of hydrogen-bond donors (Lipinski definition) is 1. The lowest BCUT2D eigenvalue weighted by atomic mass is 9.81. The highest BCUT2D eigenvalue weighted by Gasteiger charge is 2.38. The zero-order chi connectivity index (χ0) is 15.7. The van der Waals surface area contributed by atoms with Crippen LogP contribution in [0, 0.1) is 19.8 Å². The van der Waals surface area contributed by atoms with Crippen LogP contribution in [0.25, 0.3) is 0 Å². The zero-order valence-electron chi connectivity index (χ0n) is 13.6. The van der Waals surface area contributed by atoms with Crippen molar-refractivity contribution in [3.8, 4) is 0 Å². The van der Waals surface area contributed by atoms with Crippen LogP contribution in [0.3, 0.4) is 0 Å². The lowest BCUT2D eigenvalue weighted by Crippen LogP contribution is -2.39. The van der Waals surface area contributed by atoms with Crippen LogP contribution >= 0.6 is 0 Å². The summed E-state index contributed by atoms with van der Waals surface area (Å²) in [6, 6.07) is 5.83. The second-order valence-electron chi connectivity index (χ2n) is 6.72. The Hall–Kier alpha value is -1.35. The van der Waals surface area contributed by atoms with Gasteiger partial charge in [0.25, 0.3) is 0 Å². The predicted molar refractivity (Wildman–Crippen MR) is 80.5 cm³/mol. The number of aliphatic hydroxyl groups is 1. The molecule has 1 N–H and O–H groups in total. The van der Waals surface area contributed by atoms with E-state index in [9.17, 15) is 9.90 Å². The number of carbonyl (C=O) groups is 1. The number of aryl methyl sites for hydroxylation is 2. The van der Waals surface area contributed by atoms with E-state index in [1.807, 2.05) is 52.8 Å². The molecule has 3 nitrogen and oxygen atoms in total. The SMILES string of the molecule is Cc1ccc(C(C)(O)C(C)C(=O)OC(C)(C)C)c(C)c1. The minimum atomic E-state index is -1.25. The maximum atomic E-state index is 12.2. The van der Waals surface area contributed by atoms with Gasteiger partial charge in [-0.3, -0.25) is 4.79 Å². The highest BCUT2D eigenvalue weighted by Crippen LogP contribution is 2.33. The summed E-state index contributed by atoms with van der Waals surface area (Å²) in [6.45, 7) is 12.8. The fourth-order valence-electron chi connectivity index (χ4n) is 2.23. The average Bonchev–Trinajstić information content (AvgIpc) is 2.24. The summed E-state index contributed by atoms with van der Waals surface area (Å²) in [7, 11) is 0. The third kappa shape index (κ3) is 3.83. The van der Waals surface area contributed by atoms with E-state index in [4.69, 9.17) is 4.74 Å². The Morgan fingerprint density at radius 3 is 2.20 bits per heavy atom. The minimum absolute atomic E-state index is 0.387. The molecule has 0 heterocycles. The first kappa shape index (κ1) is 16.7. The van der Waals surface area contributed by atoms with Gasteiger partial charge in [0.15, 0.2) is 0 Å². The Balaban J connectivity index is 3.06. The van der Waals surface area contributed by atoms with Crippen molar-refractivity contribution in [1.82, 2.24) is 0 Å². The molecule has 1 aromatic carbocycles. The molecule has 1 aromatic rings. The number of esters is 1. The largest absolute Gasteiger partial charge is 0.460 e. The summed E-state index contributed by atoms with van der Waals surface area (Å²) in [4.78, 5) is 12.2. The van der Waals surface area contributed by atoms with Gasteiger partial charge in [-0.15, -0.1) is 0 Å². The van der Waals surface area contributed by atoms with Crippen molar-refractivity contribution >= 4 is 5.97 Å². The number of carbonyl (C=O) groups excluding carboxylic acids is 1. The van der Waals surface area contributed by atoms with E-state index in [2.05, 4.69) is 0 Å². The van der Waals surface area contributed by atoms with Crippen LogP contribution in [0.15, 0.2) is 18.2 Å². The second-order valence-corrected chi connectivity index (χ2v) is 6.72. The molecule has 0 aliphatic carbocycles. The van der Waals surface area contributed by atoms with Crippen molar-refractivity contribution in [2.75, 3.05) is 0 Å². The van der Waals surface area contributed by atoms with Gasteiger partial charge < -0.3 is 9.84 Å². The highest BCUT2D eigenvalue weighted by atomic mass is 16.6. The summed E-state index contributed by atoms with van der Waals surface area (Å²) in [5, 5.41) is 10.8. The summed E-state index contributed by atoms with van der Waals surface area (Å²) in [5.41, 5.74) is 1.07. The zero-order valence-corrected chi connectivity index (χ0v) is 13.6. The van der Waals surface area contributed by atoms with Gasteiger partial charge in [0.05, 0.1) is 5.92 Å². The van der Waals surface area contributed by atoms with Crippen molar-refractivity contribution < 1.29 is 14.6 Å². The van der Waals surface area contributed by atoms with Crippen molar-refractivity contribution in [2.24, 2.45) is 5.92 Å². The van der Waals surface area contributed by atoms with Gasteiger partial charge in [0, 0.05) is 0 Å². The molecule has 2 unspecified atom stereocenters. The number of hydrogen-bond acceptors (Lipinski definition) is 3. The third-order valence-electron chi connectivity index (χ3n) is 3.53. The summed E-state index contributed by atoms with van der Waals surface area (Å²) >= 11 is 0. The van der Waals surface area contributed by atoms with E-state index in [1.165, 1.54) is 0 Å². The average molecular weight is 278 g/mol. The van der Waals surface area contributed by atoms with Crippen LogP contribution in [0.4, 0.5) is 0 Å². The topological polar surface area (TPSA) is 46.5 Å². The van der Waals surface area contributed by atoms with Gasteiger partial charge in [-0.25, -0.2) is 0 Å². The van der Waals surface area contributed by atoms with Gasteiger partial charge in [-0.05, 0) is 59.6 Å². The normalized spacial score (nSPS) is 16.4. The van der Waals surface area contributed by atoms with Crippen molar-refractivity contribution in [3.05, 3.63) is 34.9 Å². The molecule has 112 valence electrons. The smallest absolute Gasteiger partial charge is 0.312 e. The Labute approximate surface area is 122 Å². The van der Waals surface area contributed by atoms with Gasteiger partial charge >= 0.3 is 5.97 Å². The molecule has 0 amide bonds. The Kier molecular flexibility index (Phi) is 4.65. The molecule has 2 atom stereocenters. The van der Waals surface area contributed by atoms with Gasteiger partial charge in [0.2, 0.25) is 0 Å². The van der Waals surface area contributed by atoms with Gasteiger partial charge in [-0.1, -0.05) is 23.8 Å². The number of benzene rings is 1. The first-order valence-electron chi connectivity index (χ1n) is 6.98. The third-order valence-corrected chi connectivity index (χ3v) is 3.53. The van der Waals surface area contributed by atoms with Crippen molar-refractivity contribution in [2.45, 2.75) is 59.7 Å². The standard InChI is InChI=1S/C17H26O3/c1-11-8-9-14(12(2)10-11)17(7,19)13(3)15(18)20-16(4,5)6/h8-10,13,19H,1-7H3. The van der Waals surface area contributed by atoms with Crippen LogP contribution in [0.5, 0.6) is 0 Å². The fourth-order valence-corrected chi connectivity index (χ4v) is 2.23. The Morgan fingerprint density at radius 1 is 1.20 bits per heavy atom.